The zero-order valence-electron chi connectivity index (χ0n) is 7.91. The Morgan fingerprint density at radius 3 is 2.92 bits per heavy atom. The molecule has 2 N–H and O–H groups in total. The van der Waals surface area contributed by atoms with Gasteiger partial charge in [0, 0.05) is 25.5 Å². The molecular formula is C10H13N3. The summed E-state index contributed by atoms with van der Waals surface area (Å²) < 4.78 is 2.09. The third-order valence-corrected chi connectivity index (χ3v) is 2.34. The molecule has 0 saturated carbocycles. The number of nitrogens with zero attached hydrogens (tertiary/aromatic N) is 2. The molecule has 2 aromatic heterocycles. The van der Waals surface area contributed by atoms with Gasteiger partial charge in [0.05, 0.1) is 11.0 Å². The van der Waals surface area contributed by atoms with Gasteiger partial charge in [-0.3, -0.25) is 4.98 Å². The summed E-state index contributed by atoms with van der Waals surface area (Å²) in [7, 11) is 2.02. The summed E-state index contributed by atoms with van der Waals surface area (Å²) in [4.78, 5) is 4.33. The zero-order chi connectivity index (χ0) is 9.42. The maximum atomic E-state index is 5.60. The molecule has 0 unspecified atom stereocenters. The van der Waals surface area contributed by atoms with Crippen LogP contribution < -0.4 is 5.73 Å². The minimum atomic E-state index is 0.561. The monoisotopic (exact) mass is 175 g/mol. The smallest absolute Gasteiger partial charge is 0.0884 e. The fourth-order valence-electron chi connectivity index (χ4n) is 1.55. The van der Waals surface area contributed by atoms with E-state index in [-0.39, 0.29) is 0 Å². The third-order valence-electron chi connectivity index (χ3n) is 2.34. The highest BCUT2D eigenvalue weighted by atomic mass is 15.0. The largest absolute Gasteiger partial charge is 0.345 e. The van der Waals surface area contributed by atoms with Crippen LogP contribution in [0.3, 0.4) is 0 Å². The van der Waals surface area contributed by atoms with Crippen molar-refractivity contribution in [3.8, 4) is 0 Å². The minimum Gasteiger partial charge on any atom is -0.345 e. The highest BCUT2D eigenvalue weighted by molar-refractivity contribution is 5.77. The molecule has 2 rings (SSSR count). The SMILES string of the molecule is Cc1cnc2cc(CN)n(C)c2c1. The summed E-state index contributed by atoms with van der Waals surface area (Å²) in [6.07, 6.45) is 1.88. The van der Waals surface area contributed by atoms with Gasteiger partial charge in [0.2, 0.25) is 0 Å². The highest BCUT2D eigenvalue weighted by Crippen LogP contribution is 2.16. The minimum absolute atomic E-state index is 0.561. The summed E-state index contributed by atoms with van der Waals surface area (Å²) in [5, 5.41) is 0. The molecule has 0 atom stereocenters. The Balaban J connectivity index is 2.77. The number of hydrogen-bond acceptors (Lipinski definition) is 2. The lowest BCUT2D eigenvalue weighted by atomic mass is 10.3. The van der Waals surface area contributed by atoms with Crippen LogP contribution in [0, 0.1) is 6.92 Å². The first-order valence-corrected chi connectivity index (χ1v) is 4.33. The van der Waals surface area contributed by atoms with Crippen molar-refractivity contribution in [1.29, 1.82) is 0 Å². The molecule has 68 valence electrons. The molecule has 0 saturated heterocycles. The van der Waals surface area contributed by atoms with E-state index in [0.717, 1.165) is 16.7 Å². The number of aromatic nitrogens is 2. The molecule has 0 aliphatic rings. The molecular weight excluding hydrogens is 162 g/mol. The van der Waals surface area contributed by atoms with Crippen LogP contribution >= 0.6 is 0 Å². The number of nitrogens with two attached hydrogens (primary N) is 1. The second-order valence-electron chi connectivity index (χ2n) is 3.32. The lowest BCUT2D eigenvalue weighted by Crippen LogP contribution is -2.02. The Bertz CT molecular complexity index is 443. The fourth-order valence-corrected chi connectivity index (χ4v) is 1.55. The van der Waals surface area contributed by atoms with E-state index in [1.54, 1.807) is 0 Å². The van der Waals surface area contributed by atoms with Crippen molar-refractivity contribution in [1.82, 2.24) is 9.55 Å². The Hall–Kier alpha value is -1.35. The van der Waals surface area contributed by atoms with Gasteiger partial charge in [-0.05, 0) is 24.6 Å². The first kappa shape index (κ1) is 8.26. The number of aryl methyl sites for hydroxylation is 2. The summed E-state index contributed by atoms with van der Waals surface area (Å²) in [5.74, 6) is 0. The zero-order valence-corrected chi connectivity index (χ0v) is 7.91. The molecule has 0 aliphatic carbocycles. The standard InChI is InChI=1S/C10H13N3/c1-7-3-10-9(12-6-7)4-8(5-11)13(10)2/h3-4,6H,5,11H2,1-2H3. The van der Waals surface area contributed by atoms with Crippen molar-refractivity contribution in [2.45, 2.75) is 13.5 Å². The van der Waals surface area contributed by atoms with E-state index < -0.39 is 0 Å². The fraction of sp³-hybridized carbons (Fsp3) is 0.300. The molecule has 3 nitrogen and oxygen atoms in total. The number of pyridine rings is 1. The summed E-state index contributed by atoms with van der Waals surface area (Å²) >= 11 is 0. The molecule has 0 fully saturated rings. The summed E-state index contributed by atoms with van der Waals surface area (Å²) in [5.41, 5.74) is 10.1. The molecule has 2 aromatic rings. The lowest BCUT2D eigenvalue weighted by Gasteiger charge is -2.00. The van der Waals surface area contributed by atoms with Gasteiger partial charge < -0.3 is 10.3 Å². The van der Waals surface area contributed by atoms with Gasteiger partial charge in [0.1, 0.15) is 0 Å². The van der Waals surface area contributed by atoms with E-state index in [2.05, 4.69) is 15.6 Å². The maximum absolute atomic E-state index is 5.60. The van der Waals surface area contributed by atoms with Gasteiger partial charge in [0.15, 0.2) is 0 Å². The van der Waals surface area contributed by atoms with Crippen LogP contribution in [0.5, 0.6) is 0 Å². The topological polar surface area (TPSA) is 43.8 Å². The van der Waals surface area contributed by atoms with Crippen LogP contribution in [0.2, 0.25) is 0 Å². The molecule has 0 radical (unpaired) electrons. The van der Waals surface area contributed by atoms with Crippen LogP contribution in [-0.2, 0) is 13.6 Å². The van der Waals surface area contributed by atoms with Crippen molar-refractivity contribution in [3.05, 3.63) is 29.6 Å². The average molecular weight is 175 g/mol. The molecule has 0 aliphatic heterocycles. The van der Waals surface area contributed by atoms with Gasteiger partial charge in [-0.2, -0.15) is 0 Å². The van der Waals surface area contributed by atoms with E-state index in [1.807, 2.05) is 26.2 Å². The first-order chi connectivity index (χ1) is 6.22. The van der Waals surface area contributed by atoms with Gasteiger partial charge >= 0.3 is 0 Å². The van der Waals surface area contributed by atoms with E-state index in [9.17, 15) is 0 Å². The van der Waals surface area contributed by atoms with Crippen LogP contribution in [0.15, 0.2) is 18.3 Å². The predicted octanol–water partition coefficient (Wildman–Crippen LogP) is 1.34. The normalized spacial score (nSPS) is 11.0. The molecule has 0 amide bonds. The first-order valence-electron chi connectivity index (χ1n) is 4.33. The van der Waals surface area contributed by atoms with Crippen LogP contribution in [-0.4, -0.2) is 9.55 Å². The molecule has 0 aromatic carbocycles. The van der Waals surface area contributed by atoms with E-state index in [0.29, 0.717) is 6.54 Å². The van der Waals surface area contributed by atoms with Crippen LogP contribution in [0.25, 0.3) is 11.0 Å². The van der Waals surface area contributed by atoms with Gasteiger partial charge in [-0.15, -0.1) is 0 Å². The highest BCUT2D eigenvalue weighted by Gasteiger charge is 2.04. The molecule has 13 heavy (non-hydrogen) atoms. The third kappa shape index (κ3) is 1.21. The summed E-state index contributed by atoms with van der Waals surface area (Å²) in [6, 6.07) is 4.16. The van der Waals surface area contributed by atoms with E-state index in [1.165, 1.54) is 5.56 Å². The predicted molar refractivity (Wildman–Crippen MR) is 53.3 cm³/mol. The van der Waals surface area contributed by atoms with Crippen molar-refractivity contribution < 1.29 is 0 Å². The van der Waals surface area contributed by atoms with Crippen molar-refractivity contribution in [3.63, 3.8) is 0 Å². The molecule has 2 heterocycles. The summed E-state index contributed by atoms with van der Waals surface area (Å²) in [6.45, 7) is 2.60. The van der Waals surface area contributed by atoms with Crippen LogP contribution in [0.4, 0.5) is 0 Å². The Kier molecular flexibility index (Phi) is 1.81. The van der Waals surface area contributed by atoms with Crippen molar-refractivity contribution in [2.75, 3.05) is 0 Å². The number of fused-ring (bicyclic) bond motifs is 1. The van der Waals surface area contributed by atoms with Gasteiger partial charge in [-0.1, -0.05) is 0 Å². The lowest BCUT2D eigenvalue weighted by molar-refractivity contribution is 0.849. The molecule has 0 bridgehead atoms. The second-order valence-corrected chi connectivity index (χ2v) is 3.32. The molecule has 3 heteroatoms. The quantitative estimate of drug-likeness (QED) is 0.710. The maximum Gasteiger partial charge on any atom is 0.0884 e. The Labute approximate surface area is 77.2 Å². The van der Waals surface area contributed by atoms with Crippen LogP contribution in [0.1, 0.15) is 11.3 Å². The van der Waals surface area contributed by atoms with E-state index in [4.69, 9.17) is 5.73 Å². The van der Waals surface area contributed by atoms with Gasteiger partial charge in [0.25, 0.3) is 0 Å². The van der Waals surface area contributed by atoms with Crippen molar-refractivity contribution >= 4 is 11.0 Å². The number of hydrogen-bond donors (Lipinski definition) is 1. The number of rotatable bonds is 1. The Morgan fingerprint density at radius 1 is 1.46 bits per heavy atom. The Morgan fingerprint density at radius 2 is 2.23 bits per heavy atom. The van der Waals surface area contributed by atoms with Gasteiger partial charge in [-0.25, -0.2) is 0 Å². The average Bonchev–Trinajstić information content (AvgIpc) is 2.44. The van der Waals surface area contributed by atoms with E-state index >= 15 is 0 Å². The molecule has 0 spiro atoms. The van der Waals surface area contributed by atoms with Crippen molar-refractivity contribution in [2.24, 2.45) is 12.8 Å². The second kappa shape index (κ2) is 2.85.